The number of carbonyl (C=O) groups is 1. The molecule has 1 amide bonds. The number of amides is 1. The summed E-state index contributed by atoms with van der Waals surface area (Å²) in [4.78, 5) is 11.6. The predicted molar refractivity (Wildman–Crippen MR) is 79.0 cm³/mol. The van der Waals surface area contributed by atoms with Crippen LogP contribution in [-0.2, 0) is 11.3 Å². The summed E-state index contributed by atoms with van der Waals surface area (Å²) in [6.07, 6.45) is 3.16. The zero-order valence-corrected chi connectivity index (χ0v) is 11.6. The van der Waals surface area contributed by atoms with E-state index in [1.165, 1.54) is 0 Å². The molecule has 5 heteroatoms. The van der Waals surface area contributed by atoms with E-state index in [0.29, 0.717) is 13.0 Å². The van der Waals surface area contributed by atoms with E-state index in [4.69, 9.17) is 0 Å². The molecule has 0 spiro atoms. The zero-order valence-electron chi connectivity index (χ0n) is 11.6. The number of nitrogens with one attached hydrogen (secondary N) is 3. The maximum atomic E-state index is 11.6. The van der Waals surface area contributed by atoms with Crippen LogP contribution in [0, 0.1) is 0 Å². The van der Waals surface area contributed by atoms with Gasteiger partial charge in [0.05, 0.1) is 5.69 Å². The molecule has 0 saturated heterocycles. The Morgan fingerprint density at radius 2 is 2.05 bits per heavy atom. The van der Waals surface area contributed by atoms with Crippen molar-refractivity contribution in [2.75, 3.05) is 13.6 Å². The summed E-state index contributed by atoms with van der Waals surface area (Å²) in [5.41, 5.74) is 3.18. The van der Waals surface area contributed by atoms with Gasteiger partial charge < -0.3 is 10.6 Å². The van der Waals surface area contributed by atoms with E-state index in [1.54, 1.807) is 6.20 Å². The summed E-state index contributed by atoms with van der Waals surface area (Å²) in [6.45, 7) is 1.44. The maximum Gasteiger partial charge on any atom is 0.220 e. The second-order valence-electron chi connectivity index (χ2n) is 4.65. The van der Waals surface area contributed by atoms with E-state index in [2.05, 4.69) is 20.8 Å². The van der Waals surface area contributed by atoms with Crippen molar-refractivity contribution in [1.82, 2.24) is 20.8 Å². The van der Waals surface area contributed by atoms with Crippen LogP contribution in [0.1, 0.15) is 18.4 Å². The molecule has 0 aliphatic carbocycles. The van der Waals surface area contributed by atoms with Gasteiger partial charge in [0.1, 0.15) is 0 Å². The van der Waals surface area contributed by atoms with Gasteiger partial charge in [0.15, 0.2) is 0 Å². The SMILES string of the molecule is CNCCCC(=O)NCc1ccc(-c2ccn[nH]2)cc1. The molecule has 1 aromatic heterocycles. The first-order valence-electron chi connectivity index (χ1n) is 6.79. The molecule has 2 rings (SSSR count). The highest BCUT2D eigenvalue weighted by Gasteiger charge is 2.02. The lowest BCUT2D eigenvalue weighted by Gasteiger charge is -2.06. The van der Waals surface area contributed by atoms with Crippen LogP contribution in [0.3, 0.4) is 0 Å². The van der Waals surface area contributed by atoms with Gasteiger partial charge >= 0.3 is 0 Å². The Bertz CT molecular complexity index is 519. The van der Waals surface area contributed by atoms with Crippen molar-refractivity contribution in [3.63, 3.8) is 0 Å². The van der Waals surface area contributed by atoms with Crippen molar-refractivity contribution >= 4 is 5.91 Å². The van der Waals surface area contributed by atoms with Crippen molar-refractivity contribution in [2.45, 2.75) is 19.4 Å². The van der Waals surface area contributed by atoms with Crippen molar-refractivity contribution in [3.05, 3.63) is 42.1 Å². The van der Waals surface area contributed by atoms with E-state index in [0.717, 1.165) is 29.8 Å². The quantitative estimate of drug-likeness (QED) is 0.672. The molecule has 0 fully saturated rings. The van der Waals surface area contributed by atoms with Gasteiger partial charge in [0.2, 0.25) is 5.91 Å². The number of H-pyrrole nitrogens is 1. The number of hydrogen-bond acceptors (Lipinski definition) is 3. The fourth-order valence-electron chi connectivity index (χ4n) is 1.93. The van der Waals surface area contributed by atoms with Gasteiger partial charge in [-0.05, 0) is 37.2 Å². The molecular weight excluding hydrogens is 252 g/mol. The summed E-state index contributed by atoms with van der Waals surface area (Å²) in [6, 6.07) is 10.0. The first-order chi connectivity index (χ1) is 9.79. The van der Waals surface area contributed by atoms with E-state index < -0.39 is 0 Å². The van der Waals surface area contributed by atoms with Crippen LogP contribution in [0.15, 0.2) is 36.5 Å². The minimum absolute atomic E-state index is 0.0953. The molecule has 0 aliphatic rings. The standard InChI is InChI=1S/C15H20N4O/c1-16-9-2-3-15(20)17-11-12-4-6-13(7-5-12)14-8-10-18-19-14/h4-8,10,16H,2-3,9,11H2,1H3,(H,17,20)(H,18,19). The van der Waals surface area contributed by atoms with E-state index in [-0.39, 0.29) is 5.91 Å². The van der Waals surface area contributed by atoms with Gasteiger partial charge in [-0.1, -0.05) is 24.3 Å². The lowest BCUT2D eigenvalue weighted by molar-refractivity contribution is -0.121. The molecule has 106 valence electrons. The third-order valence-corrected chi connectivity index (χ3v) is 3.09. The average Bonchev–Trinajstić information content (AvgIpc) is 3.00. The molecule has 0 bridgehead atoms. The first-order valence-corrected chi connectivity index (χ1v) is 6.79. The Balaban J connectivity index is 1.81. The van der Waals surface area contributed by atoms with Crippen LogP contribution in [-0.4, -0.2) is 29.7 Å². The van der Waals surface area contributed by atoms with Gasteiger partial charge in [0.25, 0.3) is 0 Å². The summed E-state index contributed by atoms with van der Waals surface area (Å²) >= 11 is 0. The van der Waals surface area contributed by atoms with Gasteiger partial charge in [-0.15, -0.1) is 0 Å². The summed E-state index contributed by atoms with van der Waals surface area (Å²) in [5.74, 6) is 0.0953. The van der Waals surface area contributed by atoms with Crippen molar-refractivity contribution < 1.29 is 4.79 Å². The molecular formula is C15H20N4O. The lowest BCUT2D eigenvalue weighted by atomic mass is 10.1. The molecule has 0 unspecified atom stereocenters. The van der Waals surface area contributed by atoms with E-state index in [9.17, 15) is 4.79 Å². The van der Waals surface area contributed by atoms with Crippen LogP contribution in [0.25, 0.3) is 11.3 Å². The van der Waals surface area contributed by atoms with Gasteiger partial charge in [-0.2, -0.15) is 5.10 Å². The molecule has 0 saturated carbocycles. The van der Waals surface area contributed by atoms with Crippen molar-refractivity contribution in [1.29, 1.82) is 0 Å². The zero-order chi connectivity index (χ0) is 14.2. The Kier molecular flexibility index (Phi) is 5.32. The second-order valence-corrected chi connectivity index (χ2v) is 4.65. The summed E-state index contributed by atoms with van der Waals surface area (Å²) < 4.78 is 0. The van der Waals surface area contributed by atoms with Gasteiger partial charge in [0, 0.05) is 19.2 Å². The Morgan fingerprint density at radius 1 is 1.25 bits per heavy atom. The fraction of sp³-hybridized carbons (Fsp3) is 0.333. The molecule has 0 radical (unpaired) electrons. The minimum Gasteiger partial charge on any atom is -0.352 e. The number of benzene rings is 1. The minimum atomic E-state index is 0.0953. The van der Waals surface area contributed by atoms with Crippen molar-refractivity contribution in [3.8, 4) is 11.3 Å². The third-order valence-electron chi connectivity index (χ3n) is 3.09. The number of rotatable bonds is 7. The van der Waals surface area contributed by atoms with Gasteiger partial charge in [-0.25, -0.2) is 0 Å². The molecule has 0 atom stereocenters. The van der Waals surface area contributed by atoms with Gasteiger partial charge in [-0.3, -0.25) is 9.89 Å². The molecule has 3 N–H and O–H groups in total. The van der Waals surface area contributed by atoms with E-state index in [1.807, 2.05) is 37.4 Å². The van der Waals surface area contributed by atoms with Crippen LogP contribution in [0.2, 0.25) is 0 Å². The molecule has 0 aliphatic heterocycles. The molecule has 2 aromatic rings. The normalized spacial score (nSPS) is 10.4. The van der Waals surface area contributed by atoms with Crippen LogP contribution in [0.5, 0.6) is 0 Å². The number of aromatic nitrogens is 2. The largest absolute Gasteiger partial charge is 0.352 e. The highest BCUT2D eigenvalue weighted by molar-refractivity contribution is 5.75. The second kappa shape index (κ2) is 7.45. The number of aromatic amines is 1. The Morgan fingerprint density at radius 3 is 2.70 bits per heavy atom. The third kappa shape index (κ3) is 4.20. The molecule has 5 nitrogen and oxygen atoms in total. The predicted octanol–water partition coefficient (Wildman–Crippen LogP) is 1.69. The number of nitrogens with zero attached hydrogens (tertiary/aromatic N) is 1. The average molecular weight is 272 g/mol. The molecule has 1 heterocycles. The fourth-order valence-corrected chi connectivity index (χ4v) is 1.93. The molecule has 20 heavy (non-hydrogen) atoms. The summed E-state index contributed by atoms with van der Waals surface area (Å²) in [5, 5.41) is 12.8. The first kappa shape index (κ1) is 14.3. The van der Waals surface area contributed by atoms with E-state index >= 15 is 0 Å². The van der Waals surface area contributed by atoms with Crippen LogP contribution < -0.4 is 10.6 Å². The highest BCUT2D eigenvalue weighted by atomic mass is 16.1. The molecule has 1 aromatic carbocycles. The number of carbonyl (C=O) groups excluding carboxylic acids is 1. The number of hydrogen-bond donors (Lipinski definition) is 3. The highest BCUT2D eigenvalue weighted by Crippen LogP contribution is 2.16. The smallest absolute Gasteiger partial charge is 0.220 e. The van der Waals surface area contributed by atoms with Crippen LogP contribution >= 0.6 is 0 Å². The Labute approximate surface area is 118 Å². The maximum absolute atomic E-state index is 11.6. The Hall–Kier alpha value is -2.14. The lowest BCUT2D eigenvalue weighted by Crippen LogP contribution is -2.23. The van der Waals surface area contributed by atoms with Crippen molar-refractivity contribution in [2.24, 2.45) is 0 Å². The topological polar surface area (TPSA) is 69.8 Å². The summed E-state index contributed by atoms with van der Waals surface area (Å²) in [7, 11) is 1.89. The van der Waals surface area contributed by atoms with Crippen LogP contribution in [0.4, 0.5) is 0 Å². The monoisotopic (exact) mass is 272 g/mol.